The highest BCUT2D eigenvalue weighted by Gasteiger charge is 2.06. The highest BCUT2D eigenvalue weighted by Crippen LogP contribution is 2.16. The van der Waals surface area contributed by atoms with Crippen molar-refractivity contribution in [1.82, 2.24) is 15.6 Å². The van der Waals surface area contributed by atoms with Crippen molar-refractivity contribution in [2.75, 3.05) is 5.32 Å². The van der Waals surface area contributed by atoms with Crippen LogP contribution in [0.25, 0.3) is 0 Å². The van der Waals surface area contributed by atoms with E-state index in [9.17, 15) is 0 Å². The van der Waals surface area contributed by atoms with E-state index < -0.39 is 0 Å². The fourth-order valence-corrected chi connectivity index (χ4v) is 2.20. The molecule has 3 N–H and O–H groups in total. The summed E-state index contributed by atoms with van der Waals surface area (Å²) in [5, 5.41) is 14.8. The molecule has 0 saturated heterocycles. The minimum Gasteiger partial charge on any atom is -0.331 e. The summed E-state index contributed by atoms with van der Waals surface area (Å²) in [7, 11) is 0. The first-order chi connectivity index (χ1) is 9.97. The van der Waals surface area contributed by atoms with Crippen molar-refractivity contribution >= 4 is 40.3 Å². The van der Waals surface area contributed by atoms with Gasteiger partial charge in [0, 0.05) is 5.69 Å². The zero-order valence-corrected chi connectivity index (χ0v) is 13.6. The lowest BCUT2D eigenvalue weighted by Crippen LogP contribution is -2.25. The molecule has 1 heterocycles. The van der Waals surface area contributed by atoms with E-state index in [1.807, 2.05) is 26.0 Å². The van der Waals surface area contributed by atoms with E-state index in [-0.39, 0.29) is 0 Å². The molecule has 0 spiro atoms. The van der Waals surface area contributed by atoms with Crippen LogP contribution in [0.1, 0.15) is 23.7 Å². The van der Waals surface area contributed by atoms with Gasteiger partial charge in [-0.05, 0) is 44.6 Å². The van der Waals surface area contributed by atoms with Gasteiger partial charge < -0.3 is 5.32 Å². The molecule has 0 unspecified atom stereocenters. The standard InChI is InChI=1S/C14H16ClN5S/c1-8-4-5-12(9(2)6-8)17-14(21)20-18-10(3)13-11(15)7-16-19-13/h4-7H,1-3H3,(H,16,19)(H2,17,20,21). The number of hydrazone groups is 1. The zero-order valence-electron chi connectivity index (χ0n) is 12.0. The number of anilines is 1. The van der Waals surface area contributed by atoms with Crippen LogP contribution in [-0.2, 0) is 0 Å². The highest BCUT2D eigenvalue weighted by atomic mass is 35.5. The number of aryl methyl sites for hydroxylation is 2. The maximum Gasteiger partial charge on any atom is 0.191 e. The van der Waals surface area contributed by atoms with Crippen LogP contribution < -0.4 is 10.7 Å². The van der Waals surface area contributed by atoms with E-state index in [1.165, 1.54) is 11.8 Å². The van der Waals surface area contributed by atoms with Crippen LogP contribution in [0.5, 0.6) is 0 Å². The molecule has 21 heavy (non-hydrogen) atoms. The molecule has 110 valence electrons. The molecule has 0 amide bonds. The predicted molar refractivity (Wildman–Crippen MR) is 91.1 cm³/mol. The van der Waals surface area contributed by atoms with Crippen molar-refractivity contribution in [3.05, 3.63) is 46.2 Å². The molecule has 0 aliphatic rings. The normalized spacial score (nSPS) is 11.3. The number of nitrogens with zero attached hydrogens (tertiary/aromatic N) is 2. The van der Waals surface area contributed by atoms with E-state index in [1.54, 1.807) is 0 Å². The molecule has 1 aromatic heterocycles. The fraction of sp³-hybridized carbons (Fsp3) is 0.214. The van der Waals surface area contributed by atoms with Crippen LogP contribution in [0.4, 0.5) is 5.69 Å². The Morgan fingerprint density at radius 1 is 1.38 bits per heavy atom. The number of halogens is 1. The second-order valence-electron chi connectivity index (χ2n) is 4.67. The molecular weight excluding hydrogens is 306 g/mol. The summed E-state index contributed by atoms with van der Waals surface area (Å²) in [5.41, 5.74) is 7.40. The van der Waals surface area contributed by atoms with Gasteiger partial charge in [-0.2, -0.15) is 10.2 Å². The highest BCUT2D eigenvalue weighted by molar-refractivity contribution is 7.80. The number of hydrogen-bond acceptors (Lipinski definition) is 3. The van der Waals surface area contributed by atoms with Crippen molar-refractivity contribution in [2.45, 2.75) is 20.8 Å². The lowest BCUT2D eigenvalue weighted by atomic mass is 10.1. The third-order valence-electron chi connectivity index (χ3n) is 2.91. The first kappa shape index (κ1) is 15.5. The summed E-state index contributed by atoms with van der Waals surface area (Å²) in [6.07, 6.45) is 1.53. The fourth-order valence-electron chi connectivity index (χ4n) is 1.82. The van der Waals surface area contributed by atoms with Crippen LogP contribution in [0, 0.1) is 13.8 Å². The Kier molecular flexibility index (Phi) is 4.93. The van der Waals surface area contributed by atoms with Crippen molar-refractivity contribution in [3.63, 3.8) is 0 Å². The molecule has 2 rings (SSSR count). The second kappa shape index (κ2) is 6.69. The van der Waals surface area contributed by atoms with E-state index in [0.717, 1.165) is 11.3 Å². The van der Waals surface area contributed by atoms with Gasteiger partial charge in [0.25, 0.3) is 0 Å². The average Bonchev–Trinajstić information content (AvgIpc) is 2.85. The third kappa shape index (κ3) is 4.03. The van der Waals surface area contributed by atoms with Crippen LogP contribution in [0.3, 0.4) is 0 Å². The zero-order chi connectivity index (χ0) is 15.4. The average molecular weight is 322 g/mol. The maximum atomic E-state index is 5.96. The molecule has 0 fully saturated rings. The van der Waals surface area contributed by atoms with Gasteiger partial charge in [0.15, 0.2) is 5.11 Å². The van der Waals surface area contributed by atoms with Crippen LogP contribution in [0.15, 0.2) is 29.5 Å². The maximum absolute atomic E-state index is 5.96. The molecule has 0 radical (unpaired) electrons. The van der Waals surface area contributed by atoms with Gasteiger partial charge in [-0.3, -0.25) is 10.5 Å². The summed E-state index contributed by atoms with van der Waals surface area (Å²) in [6, 6.07) is 6.10. The first-order valence-corrected chi connectivity index (χ1v) is 7.14. The summed E-state index contributed by atoms with van der Waals surface area (Å²) in [4.78, 5) is 0. The topological polar surface area (TPSA) is 65.1 Å². The van der Waals surface area contributed by atoms with E-state index in [0.29, 0.717) is 21.5 Å². The van der Waals surface area contributed by atoms with E-state index in [2.05, 4.69) is 39.0 Å². The molecule has 7 heteroatoms. The Hall–Kier alpha value is -1.92. The molecule has 1 aromatic carbocycles. The Morgan fingerprint density at radius 2 is 2.14 bits per heavy atom. The Balaban J connectivity index is 2.00. The molecule has 5 nitrogen and oxygen atoms in total. The molecule has 0 bridgehead atoms. The van der Waals surface area contributed by atoms with Gasteiger partial charge in [-0.15, -0.1) is 0 Å². The number of benzene rings is 1. The summed E-state index contributed by atoms with van der Waals surface area (Å²) < 4.78 is 0. The predicted octanol–water partition coefficient (Wildman–Crippen LogP) is 3.39. The summed E-state index contributed by atoms with van der Waals surface area (Å²) in [6.45, 7) is 5.89. The van der Waals surface area contributed by atoms with E-state index >= 15 is 0 Å². The van der Waals surface area contributed by atoms with Crippen LogP contribution in [0.2, 0.25) is 5.02 Å². The second-order valence-corrected chi connectivity index (χ2v) is 5.49. The molecule has 0 atom stereocenters. The van der Waals surface area contributed by atoms with Crippen molar-refractivity contribution < 1.29 is 0 Å². The first-order valence-electron chi connectivity index (χ1n) is 6.35. The number of rotatable bonds is 3. The minimum absolute atomic E-state index is 0.414. The molecule has 0 aliphatic heterocycles. The number of aromatic nitrogens is 2. The number of hydrogen-bond donors (Lipinski definition) is 3. The van der Waals surface area contributed by atoms with Gasteiger partial charge in [0.1, 0.15) is 0 Å². The largest absolute Gasteiger partial charge is 0.331 e. The van der Waals surface area contributed by atoms with Crippen molar-refractivity contribution in [1.29, 1.82) is 0 Å². The van der Waals surface area contributed by atoms with E-state index in [4.69, 9.17) is 23.8 Å². The van der Waals surface area contributed by atoms with Crippen molar-refractivity contribution in [2.24, 2.45) is 5.10 Å². The number of aromatic amines is 1. The smallest absolute Gasteiger partial charge is 0.191 e. The summed E-state index contributed by atoms with van der Waals surface area (Å²) >= 11 is 11.2. The minimum atomic E-state index is 0.414. The number of thiocarbonyl (C=S) groups is 1. The lowest BCUT2D eigenvalue weighted by molar-refractivity contribution is 1.02. The van der Waals surface area contributed by atoms with Gasteiger partial charge in [0.2, 0.25) is 0 Å². The SMILES string of the molecule is CC(=NNC(=S)Nc1ccc(C)cc1C)c1[nH]ncc1Cl. The van der Waals surface area contributed by atoms with Gasteiger partial charge in [0.05, 0.1) is 22.6 Å². The molecule has 2 aromatic rings. The quantitative estimate of drug-likeness (QED) is 0.460. The number of H-pyrrole nitrogens is 1. The molecule has 0 saturated carbocycles. The van der Waals surface area contributed by atoms with Gasteiger partial charge >= 0.3 is 0 Å². The Morgan fingerprint density at radius 3 is 2.76 bits per heavy atom. The van der Waals surface area contributed by atoms with Gasteiger partial charge in [-0.25, -0.2) is 0 Å². The monoisotopic (exact) mass is 321 g/mol. The Bertz CT molecular complexity index is 692. The number of nitrogens with one attached hydrogen (secondary N) is 3. The molecular formula is C14H16ClN5S. The van der Waals surface area contributed by atoms with Crippen LogP contribution >= 0.6 is 23.8 Å². The third-order valence-corrected chi connectivity index (χ3v) is 3.39. The van der Waals surface area contributed by atoms with Crippen LogP contribution in [-0.4, -0.2) is 21.0 Å². The van der Waals surface area contributed by atoms with Gasteiger partial charge in [-0.1, -0.05) is 29.3 Å². The summed E-state index contributed by atoms with van der Waals surface area (Å²) in [5.74, 6) is 0. The molecule has 0 aliphatic carbocycles. The lowest BCUT2D eigenvalue weighted by Gasteiger charge is -2.11. The Labute approximate surface area is 133 Å². The van der Waals surface area contributed by atoms with Crippen molar-refractivity contribution in [3.8, 4) is 0 Å².